The van der Waals surface area contributed by atoms with Gasteiger partial charge in [-0.3, -0.25) is 0 Å². The molecule has 1 aliphatic rings. The maximum atomic E-state index is 12.8. The van der Waals surface area contributed by atoms with Crippen molar-refractivity contribution >= 4 is 6.03 Å². The first-order valence-corrected chi connectivity index (χ1v) is 7.59. The number of carbonyl (C=O) groups excluding carboxylic acids is 1. The Bertz CT molecular complexity index is 481. The van der Waals surface area contributed by atoms with Gasteiger partial charge in [-0.05, 0) is 44.5 Å². The average Bonchev–Trinajstić information content (AvgIpc) is 2.71. The predicted molar refractivity (Wildman–Crippen MR) is 81.5 cm³/mol. The van der Waals surface area contributed by atoms with Crippen molar-refractivity contribution in [3.63, 3.8) is 0 Å². The Balaban J connectivity index is 1.79. The van der Waals surface area contributed by atoms with E-state index in [9.17, 15) is 9.18 Å². The van der Waals surface area contributed by atoms with Crippen molar-refractivity contribution in [3.8, 4) is 5.75 Å². The van der Waals surface area contributed by atoms with Crippen molar-refractivity contribution in [1.29, 1.82) is 0 Å². The van der Waals surface area contributed by atoms with Gasteiger partial charge in [0.25, 0.3) is 0 Å². The zero-order valence-electron chi connectivity index (χ0n) is 13.0. The normalized spacial score (nSPS) is 20.1. The summed E-state index contributed by atoms with van der Waals surface area (Å²) in [5, 5.41) is 2.92. The molecule has 2 rings (SSSR count). The fourth-order valence-corrected chi connectivity index (χ4v) is 2.28. The lowest BCUT2D eigenvalue weighted by Gasteiger charge is -2.28. The van der Waals surface area contributed by atoms with Crippen LogP contribution in [-0.2, 0) is 4.74 Å². The van der Waals surface area contributed by atoms with Crippen molar-refractivity contribution in [2.24, 2.45) is 0 Å². The van der Waals surface area contributed by atoms with Crippen molar-refractivity contribution in [2.45, 2.75) is 32.4 Å². The highest BCUT2D eigenvalue weighted by Gasteiger charge is 2.23. The fraction of sp³-hybridized carbons (Fsp3) is 0.562. The fourth-order valence-electron chi connectivity index (χ4n) is 2.28. The van der Waals surface area contributed by atoms with E-state index in [0.29, 0.717) is 32.1 Å². The molecule has 0 unspecified atom stereocenters. The third-order valence-corrected chi connectivity index (χ3v) is 3.63. The van der Waals surface area contributed by atoms with Crippen LogP contribution in [0.15, 0.2) is 24.3 Å². The van der Waals surface area contributed by atoms with E-state index in [1.807, 2.05) is 13.8 Å². The molecule has 0 saturated carbocycles. The number of benzene rings is 1. The van der Waals surface area contributed by atoms with Gasteiger partial charge in [0.1, 0.15) is 18.2 Å². The summed E-state index contributed by atoms with van der Waals surface area (Å²) in [4.78, 5) is 14.1. The molecule has 0 aromatic heterocycles. The maximum absolute atomic E-state index is 12.8. The molecular formula is C16H23FN2O3. The third kappa shape index (κ3) is 4.87. The molecule has 1 heterocycles. The molecule has 1 aromatic carbocycles. The second kappa shape index (κ2) is 7.98. The number of hydrogen-bond acceptors (Lipinski definition) is 3. The van der Waals surface area contributed by atoms with E-state index in [1.165, 1.54) is 12.1 Å². The summed E-state index contributed by atoms with van der Waals surface area (Å²) >= 11 is 0. The van der Waals surface area contributed by atoms with Crippen LogP contribution in [0.3, 0.4) is 0 Å². The van der Waals surface area contributed by atoms with E-state index >= 15 is 0 Å². The lowest BCUT2D eigenvalue weighted by Crippen LogP contribution is -2.49. The maximum Gasteiger partial charge on any atom is 0.318 e. The number of nitrogens with one attached hydrogen (secondary N) is 1. The number of rotatable bonds is 4. The number of hydrogen-bond donors (Lipinski definition) is 1. The molecule has 2 amide bonds. The summed E-state index contributed by atoms with van der Waals surface area (Å²) in [5.41, 5.74) is 0. The van der Waals surface area contributed by atoms with E-state index in [-0.39, 0.29) is 23.9 Å². The summed E-state index contributed by atoms with van der Waals surface area (Å²) < 4.78 is 23.7. The minimum absolute atomic E-state index is 0.104. The standard InChI is InChI=1S/C16H23FN2O3/c1-12(11-22-15-5-3-14(17)4-6-15)18-16(20)19-8-10-21-9-7-13(19)2/h3-6,12-13H,7-11H2,1-2H3,(H,18,20)/t12-,13-/m0/s1. The van der Waals surface area contributed by atoms with Crippen LogP contribution in [0.1, 0.15) is 20.3 Å². The molecule has 0 spiro atoms. The second-order valence-corrected chi connectivity index (χ2v) is 5.56. The molecule has 22 heavy (non-hydrogen) atoms. The van der Waals surface area contributed by atoms with Crippen molar-refractivity contribution in [1.82, 2.24) is 10.2 Å². The van der Waals surface area contributed by atoms with Crippen LogP contribution in [0, 0.1) is 5.82 Å². The van der Waals surface area contributed by atoms with Gasteiger partial charge in [0.2, 0.25) is 0 Å². The van der Waals surface area contributed by atoms with Gasteiger partial charge in [0.15, 0.2) is 0 Å². The molecular weight excluding hydrogens is 287 g/mol. The van der Waals surface area contributed by atoms with E-state index in [0.717, 1.165) is 6.42 Å². The molecule has 1 aromatic rings. The van der Waals surface area contributed by atoms with E-state index in [4.69, 9.17) is 9.47 Å². The van der Waals surface area contributed by atoms with Crippen LogP contribution in [0.2, 0.25) is 0 Å². The van der Waals surface area contributed by atoms with Gasteiger partial charge in [0.05, 0.1) is 12.6 Å². The Labute approximate surface area is 130 Å². The van der Waals surface area contributed by atoms with Crippen LogP contribution in [0.5, 0.6) is 5.75 Å². The third-order valence-electron chi connectivity index (χ3n) is 3.63. The molecule has 1 N–H and O–H groups in total. The minimum Gasteiger partial charge on any atom is -0.491 e. The predicted octanol–water partition coefficient (Wildman–Crippen LogP) is 2.41. The van der Waals surface area contributed by atoms with Gasteiger partial charge in [-0.25, -0.2) is 9.18 Å². The summed E-state index contributed by atoms with van der Waals surface area (Å²) in [6.45, 7) is 6.08. The van der Waals surface area contributed by atoms with Gasteiger partial charge < -0.3 is 19.7 Å². The highest BCUT2D eigenvalue weighted by molar-refractivity contribution is 5.74. The van der Waals surface area contributed by atoms with Gasteiger partial charge in [-0.15, -0.1) is 0 Å². The quantitative estimate of drug-likeness (QED) is 0.929. The first-order valence-electron chi connectivity index (χ1n) is 7.59. The highest BCUT2D eigenvalue weighted by Crippen LogP contribution is 2.12. The van der Waals surface area contributed by atoms with E-state index in [2.05, 4.69) is 5.32 Å². The SMILES string of the molecule is C[C@@H](COc1ccc(F)cc1)NC(=O)N1CCOCC[C@@H]1C. The lowest BCUT2D eigenvalue weighted by atomic mass is 10.2. The summed E-state index contributed by atoms with van der Waals surface area (Å²) in [7, 11) is 0. The van der Waals surface area contributed by atoms with Gasteiger partial charge in [-0.2, -0.15) is 0 Å². The van der Waals surface area contributed by atoms with Gasteiger partial charge in [0, 0.05) is 19.2 Å². The Morgan fingerprint density at radius 3 is 2.91 bits per heavy atom. The molecule has 0 bridgehead atoms. The highest BCUT2D eigenvalue weighted by atomic mass is 19.1. The van der Waals surface area contributed by atoms with E-state index < -0.39 is 0 Å². The number of carbonyl (C=O) groups is 1. The van der Waals surface area contributed by atoms with Crippen molar-refractivity contribution in [3.05, 3.63) is 30.1 Å². The Morgan fingerprint density at radius 1 is 1.45 bits per heavy atom. The number of nitrogens with zero attached hydrogens (tertiary/aromatic N) is 1. The second-order valence-electron chi connectivity index (χ2n) is 5.56. The molecule has 0 radical (unpaired) electrons. The first-order chi connectivity index (χ1) is 10.6. The van der Waals surface area contributed by atoms with Crippen LogP contribution < -0.4 is 10.1 Å². The molecule has 6 heteroatoms. The smallest absolute Gasteiger partial charge is 0.318 e. The number of amides is 2. The molecule has 1 saturated heterocycles. The van der Waals surface area contributed by atoms with Crippen molar-refractivity contribution < 1.29 is 18.7 Å². The van der Waals surface area contributed by atoms with Crippen LogP contribution in [-0.4, -0.2) is 49.4 Å². The monoisotopic (exact) mass is 310 g/mol. The van der Waals surface area contributed by atoms with Crippen LogP contribution >= 0.6 is 0 Å². The topological polar surface area (TPSA) is 50.8 Å². The summed E-state index contributed by atoms with van der Waals surface area (Å²) in [6.07, 6.45) is 0.841. The zero-order valence-corrected chi connectivity index (χ0v) is 13.0. The Morgan fingerprint density at radius 2 is 2.18 bits per heavy atom. The molecule has 2 atom stereocenters. The zero-order chi connectivity index (χ0) is 15.9. The molecule has 1 aliphatic heterocycles. The largest absolute Gasteiger partial charge is 0.491 e. The van der Waals surface area contributed by atoms with Crippen LogP contribution in [0.25, 0.3) is 0 Å². The number of urea groups is 1. The summed E-state index contributed by atoms with van der Waals surface area (Å²) in [6, 6.07) is 5.74. The minimum atomic E-state index is -0.300. The summed E-state index contributed by atoms with van der Waals surface area (Å²) in [5.74, 6) is 0.283. The molecule has 5 nitrogen and oxygen atoms in total. The first kappa shape index (κ1) is 16.5. The molecule has 122 valence electrons. The molecule has 0 aliphatic carbocycles. The van der Waals surface area contributed by atoms with Gasteiger partial charge in [-0.1, -0.05) is 0 Å². The number of halogens is 1. The Kier molecular flexibility index (Phi) is 6.00. The van der Waals surface area contributed by atoms with Crippen LogP contribution in [0.4, 0.5) is 9.18 Å². The average molecular weight is 310 g/mol. The number of ether oxygens (including phenoxy) is 2. The van der Waals surface area contributed by atoms with Crippen molar-refractivity contribution in [2.75, 3.05) is 26.4 Å². The lowest BCUT2D eigenvalue weighted by molar-refractivity contribution is 0.140. The van der Waals surface area contributed by atoms with E-state index in [1.54, 1.807) is 17.0 Å². The van der Waals surface area contributed by atoms with Gasteiger partial charge >= 0.3 is 6.03 Å². The molecule has 1 fully saturated rings. The Hall–Kier alpha value is -1.82.